The van der Waals surface area contributed by atoms with Gasteiger partial charge in [-0.1, -0.05) is 50.2 Å². The molecule has 0 aliphatic rings. The van der Waals surface area contributed by atoms with Crippen molar-refractivity contribution in [1.29, 1.82) is 0 Å². The highest BCUT2D eigenvalue weighted by atomic mass is 19.4. The molecule has 9 aromatic rings. The maximum Gasteiger partial charge on any atom is 0.416 e. The second kappa shape index (κ2) is 20.6. The van der Waals surface area contributed by atoms with Crippen LogP contribution in [0.3, 0.4) is 0 Å². The Hall–Kier alpha value is -8.12. The number of imidazole rings is 3. The van der Waals surface area contributed by atoms with Crippen molar-refractivity contribution in [3.05, 3.63) is 186 Å². The Morgan fingerprint density at radius 1 is 0.571 bits per heavy atom. The maximum absolute atomic E-state index is 13.5. The van der Waals surface area contributed by atoms with Crippen LogP contribution in [0, 0.1) is 6.92 Å². The van der Waals surface area contributed by atoms with Gasteiger partial charge in [-0.25, -0.2) is 19.9 Å². The lowest BCUT2D eigenvalue weighted by atomic mass is 10.1. The number of aromatic nitrogens is 7. The molecular formula is C52H46F6N10O2. The number of anilines is 2. The lowest BCUT2D eigenvalue weighted by molar-refractivity contribution is -0.138. The molecule has 9 rings (SSSR count). The number of carbonyl (C=O) groups is 2. The number of nitrogens with one attached hydrogen (secondary N) is 2. The Morgan fingerprint density at radius 3 is 1.73 bits per heavy atom. The third-order valence-electron chi connectivity index (χ3n) is 11.4. The van der Waals surface area contributed by atoms with Crippen molar-refractivity contribution >= 4 is 45.4 Å². The van der Waals surface area contributed by atoms with Crippen LogP contribution in [0.25, 0.3) is 39.3 Å². The van der Waals surface area contributed by atoms with E-state index in [0.717, 1.165) is 70.8 Å². The third-order valence-corrected chi connectivity index (χ3v) is 11.4. The number of fused-ring (bicyclic) bond motifs is 2. The first-order valence-electron chi connectivity index (χ1n) is 22.2. The molecule has 18 heteroatoms. The highest BCUT2D eigenvalue weighted by Gasteiger charge is 2.32. The van der Waals surface area contributed by atoms with Crippen molar-refractivity contribution in [1.82, 2.24) is 38.5 Å². The van der Waals surface area contributed by atoms with Gasteiger partial charge in [0.15, 0.2) is 5.65 Å². The number of carbonyl (C=O) groups excluding carboxylic acids is 2. The van der Waals surface area contributed by atoms with Crippen LogP contribution in [0.15, 0.2) is 153 Å². The number of para-hydroxylation sites is 2. The van der Waals surface area contributed by atoms with Gasteiger partial charge in [-0.3, -0.25) is 23.6 Å². The van der Waals surface area contributed by atoms with Gasteiger partial charge in [-0.15, -0.1) is 0 Å². The van der Waals surface area contributed by atoms with Gasteiger partial charge in [0.05, 0.1) is 47.0 Å². The van der Waals surface area contributed by atoms with Crippen molar-refractivity contribution in [2.45, 2.75) is 52.5 Å². The monoisotopic (exact) mass is 956 g/mol. The number of halogens is 6. The van der Waals surface area contributed by atoms with Crippen LogP contribution in [0.4, 0.5) is 37.7 Å². The molecule has 12 nitrogen and oxygen atoms in total. The van der Waals surface area contributed by atoms with Crippen LogP contribution in [0.1, 0.15) is 47.4 Å². The van der Waals surface area contributed by atoms with E-state index in [0.29, 0.717) is 29.0 Å². The van der Waals surface area contributed by atoms with E-state index in [-0.39, 0.29) is 35.8 Å². The number of benzene rings is 5. The lowest BCUT2D eigenvalue weighted by Gasteiger charge is -2.20. The maximum atomic E-state index is 13.5. The van der Waals surface area contributed by atoms with Crippen LogP contribution in [0.2, 0.25) is 0 Å². The molecule has 0 bridgehead atoms. The standard InChI is InChI=1S/C27H27F3N4O.C25H19F3N6O/c1-3-33(4-2)17-20-13-21(27(28,29)30)16-22(14-20)32-26(35)15-19-9-11-23(12-10-19)34-18-31-24-7-5-6-8-25(24)34;1-16-13-33(14-30-16)21-11-18(25(26,27)28)10-19(12-21)32-23(35)9-17-4-6-20(7-5-17)34-15-31-22-3-2-8-29-24(22)34/h5-14,16,18H,3-4,15,17H2,1-2H3,(H,32,35);2-8,10-15H,9H2,1H3,(H,32,35). The van der Waals surface area contributed by atoms with E-state index in [1.165, 1.54) is 17.0 Å². The molecule has 2 amide bonds. The second-order valence-electron chi connectivity index (χ2n) is 16.4. The number of pyridine rings is 1. The van der Waals surface area contributed by atoms with Crippen molar-refractivity contribution in [2.75, 3.05) is 23.7 Å². The van der Waals surface area contributed by atoms with Crippen LogP contribution >= 0.6 is 0 Å². The predicted octanol–water partition coefficient (Wildman–Crippen LogP) is 11.2. The Labute approximate surface area is 398 Å². The minimum atomic E-state index is -4.56. The zero-order valence-corrected chi connectivity index (χ0v) is 38.1. The molecule has 5 aromatic carbocycles. The van der Waals surface area contributed by atoms with Crippen LogP contribution in [-0.4, -0.2) is 63.4 Å². The topological polar surface area (TPSA) is 128 Å². The van der Waals surface area contributed by atoms with E-state index in [4.69, 9.17) is 0 Å². The Bertz CT molecular complexity index is 3260. The minimum absolute atomic E-state index is 0.00102. The first-order chi connectivity index (χ1) is 33.5. The molecule has 0 saturated carbocycles. The number of hydrogen-bond acceptors (Lipinski definition) is 7. The Morgan fingerprint density at radius 2 is 1.13 bits per heavy atom. The summed E-state index contributed by atoms with van der Waals surface area (Å²) in [7, 11) is 0. The molecule has 2 N–H and O–H groups in total. The average molecular weight is 957 g/mol. The highest BCUT2D eigenvalue weighted by Crippen LogP contribution is 2.34. The molecule has 70 heavy (non-hydrogen) atoms. The fourth-order valence-corrected chi connectivity index (χ4v) is 7.82. The van der Waals surface area contributed by atoms with E-state index in [1.807, 2.05) is 101 Å². The van der Waals surface area contributed by atoms with Crippen LogP contribution < -0.4 is 10.6 Å². The van der Waals surface area contributed by atoms with Gasteiger partial charge in [0.25, 0.3) is 0 Å². The Kier molecular flexibility index (Phi) is 14.2. The molecule has 0 saturated heterocycles. The van der Waals surface area contributed by atoms with Gasteiger partial charge in [0, 0.05) is 47.4 Å². The minimum Gasteiger partial charge on any atom is -0.326 e. The summed E-state index contributed by atoms with van der Waals surface area (Å²) in [6.07, 6.45) is -0.863. The van der Waals surface area contributed by atoms with Crippen LogP contribution in [-0.2, 0) is 41.3 Å². The normalized spacial score (nSPS) is 11.7. The SMILES string of the molecule is CCN(CC)Cc1cc(NC(=O)Cc2ccc(-n3cnc4ccccc43)cc2)cc(C(F)(F)F)c1.Cc1cn(-c2cc(NC(=O)Cc3ccc(-n4cnc5cccnc54)cc3)cc(C(F)(F)F)c2)cn1. The summed E-state index contributed by atoms with van der Waals surface area (Å²) in [5.41, 5.74) is 6.54. The molecule has 358 valence electrons. The number of aryl methyl sites for hydroxylation is 1. The van der Waals surface area contributed by atoms with E-state index < -0.39 is 29.4 Å². The highest BCUT2D eigenvalue weighted by molar-refractivity contribution is 5.93. The predicted molar refractivity (Wildman–Crippen MR) is 256 cm³/mol. The largest absolute Gasteiger partial charge is 0.416 e. The number of alkyl halides is 6. The number of rotatable bonds is 13. The van der Waals surface area contributed by atoms with Crippen molar-refractivity contribution in [2.24, 2.45) is 0 Å². The van der Waals surface area contributed by atoms with Gasteiger partial charge < -0.3 is 15.2 Å². The average Bonchev–Trinajstić information content (AvgIpc) is 4.10. The molecule has 0 spiro atoms. The van der Waals surface area contributed by atoms with Crippen molar-refractivity contribution < 1.29 is 35.9 Å². The quantitative estimate of drug-likeness (QED) is 0.110. The van der Waals surface area contributed by atoms with Crippen molar-refractivity contribution in [3.8, 4) is 17.1 Å². The third kappa shape index (κ3) is 11.8. The number of amides is 2. The first kappa shape index (κ1) is 48.3. The summed E-state index contributed by atoms with van der Waals surface area (Å²) in [4.78, 5) is 44.4. The summed E-state index contributed by atoms with van der Waals surface area (Å²) in [5.74, 6) is -0.807. The van der Waals surface area contributed by atoms with Gasteiger partial charge >= 0.3 is 12.4 Å². The summed E-state index contributed by atoms with van der Waals surface area (Å²) in [6.45, 7) is 7.48. The van der Waals surface area contributed by atoms with Gasteiger partial charge in [-0.05, 0) is 122 Å². The molecular weight excluding hydrogens is 911 g/mol. The summed E-state index contributed by atoms with van der Waals surface area (Å²) in [5, 5.41) is 5.23. The van der Waals surface area contributed by atoms with E-state index in [1.54, 1.807) is 50.2 Å². The summed E-state index contributed by atoms with van der Waals surface area (Å²) >= 11 is 0. The second-order valence-corrected chi connectivity index (χ2v) is 16.4. The fraction of sp³-hybridized carbons (Fsp3) is 0.192. The number of nitrogens with zero attached hydrogens (tertiary/aromatic N) is 8. The zero-order chi connectivity index (χ0) is 49.6. The molecule has 0 radical (unpaired) electrons. The smallest absolute Gasteiger partial charge is 0.326 e. The molecule has 0 unspecified atom stereocenters. The van der Waals surface area contributed by atoms with E-state index in [9.17, 15) is 35.9 Å². The van der Waals surface area contributed by atoms with Gasteiger partial charge in [0.1, 0.15) is 18.2 Å². The Balaban J connectivity index is 0.000000188. The fourth-order valence-electron chi connectivity index (χ4n) is 7.82. The zero-order valence-electron chi connectivity index (χ0n) is 38.1. The molecule has 0 aliphatic carbocycles. The summed E-state index contributed by atoms with van der Waals surface area (Å²) < 4.78 is 86.0. The van der Waals surface area contributed by atoms with Gasteiger partial charge in [0.2, 0.25) is 11.8 Å². The summed E-state index contributed by atoms with van der Waals surface area (Å²) in [6, 6.07) is 33.3. The molecule has 0 atom stereocenters. The molecule has 4 heterocycles. The van der Waals surface area contributed by atoms with Crippen LogP contribution in [0.5, 0.6) is 0 Å². The molecule has 0 fully saturated rings. The molecule has 4 aromatic heterocycles. The van der Waals surface area contributed by atoms with Crippen molar-refractivity contribution in [3.63, 3.8) is 0 Å². The van der Waals surface area contributed by atoms with E-state index in [2.05, 4.69) is 30.6 Å². The number of hydrogen-bond donors (Lipinski definition) is 2. The first-order valence-corrected chi connectivity index (χ1v) is 22.2. The molecule has 0 aliphatic heterocycles. The van der Waals surface area contributed by atoms with E-state index >= 15 is 0 Å². The van der Waals surface area contributed by atoms with Gasteiger partial charge in [-0.2, -0.15) is 26.3 Å². The lowest BCUT2D eigenvalue weighted by Crippen LogP contribution is -2.23.